The summed E-state index contributed by atoms with van der Waals surface area (Å²) in [5, 5.41) is 3.91. The molecule has 0 aliphatic heterocycles. The average molecular weight is 185 g/mol. The van der Waals surface area contributed by atoms with E-state index >= 15 is 0 Å². The van der Waals surface area contributed by atoms with Crippen LogP contribution in [0.25, 0.3) is 0 Å². The summed E-state index contributed by atoms with van der Waals surface area (Å²) < 4.78 is 0. The van der Waals surface area contributed by atoms with Crippen LogP contribution in [0.4, 0.5) is 5.69 Å². The molecule has 0 heterocycles. The number of halogens is 1. The molecule has 0 fully saturated rings. The summed E-state index contributed by atoms with van der Waals surface area (Å²) in [5.41, 5.74) is 7.48. The molecular formula is C9H13ClN2. The van der Waals surface area contributed by atoms with Gasteiger partial charge in [0.1, 0.15) is 0 Å². The second kappa shape index (κ2) is 4.33. The van der Waals surface area contributed by atoms with Crippen molar-refractivity contribution in [1.29, 1.82) is 0 Å². The van der Waals surface area contributed by atoms with Crippen LogP contribution in [0.5, 0.6) is 0 Å². The van der Waals surface area contributed by atoms with Gasteiger partial charge in [-0.05, 0) is 18.7 Å². The number of nitrogens with two attached hydrogens (primary N) is 1. The molecule has 1 aromatic rings. The van der Waals surface area contributed by atoms with Crippen molar-refractivity contribution < 1.29 is 0 Å². The van der Waals surface area contributed by atoms with Crippen LogP contribution >= 0.6 is 11.6 Å². The maximum Gasteiger partial charge on any atom is 0.0471 e. The van der Waals surface area contributed by atoms with Gasteiger partial charge in [0.2, 0.25) is 0 Å². The Kier molecular flexibility index (Phi) is 3.38. The molecule has 66 valence electrons. The second-order valence-corrected chi connectivity index (χ2v) is 3.00. The summed E-state index contributed by atoms with van der Waals surface area (Å²) in [5.74, 6) is 0. The van der Waals surface area contributed by atoms with Crippen LogP contribution in [-0.2, 0) is 6.54 Å². The molecular weight excluding hydrogens is 172 g/mol. The molecule has 0 radical (unpaired) electrons. The molecule has 2 nitrogen and oxygen atoms in total. The van der Waals surface area contributed by atoms with E-state index in [4.69, 9.17) is 17.3 Å². The Morgan fingerprint density at radius 2 is 2.25 bits per heavy atom. The van der Waals surface area contributed by atoms with Gasteiger partial charge < -0.3 is 11.1 Å². The van der Waals surface area contributed by atoms with Crippen molar-refractivity contribution in [2.24, 2.45) is 0 Å². The van der Waals surface area contributed by atoms with Gasteiger partial charge in [-0.25, -0.2) is 0 Å². The summed E-state index contributed by atoms with van der Waals surface area (Å²) in [6.45, 7) is 3.71. The fourth-order valence-corrected chi connectivity index (χ4v) is 1.26. The molecule has 0 saturated carbocycles. The van der Waals surface area contributed by atoms with E-state index in [0.29, 0.717) is 0 Å². The predicted molar refractivity (Wildman–Crippen MR) is 53.2 cm³/mol. The monoisotopic (exact) mass is 184 g/mol. The number of benzene rings is 1. The molecule has 0 bridgehead atoms. The van der Waals surface area contributed by atoms with Crippen molar-refractivity contribution in [1.82, 2.24) is 5.32 Å². The minimum absolute atomic E-state index is 0.732. The van der Waals surface area contributed by atoms with Gasteiger partial charge in [0.25, 0.3) is 0 Å². The lowest BCUT2D eigenvalue weighted by Crippen LogP contribution is -2.13. The minimum atomic E-state index is 0.732. The Hall–Kier alpha value is -0.730. The predicted octanol–water partition coefficient (Wildman–Crippen LogP) is 2.03. The Balaban J connectivity index is 2.81. The van der Waals surface area contributed by atoms with Crippen molar-refractivity contribution in [3.63, 3.8) is 0 Å². The van der Waals surface area contributed by atoms with Crippen molar-refractivity contribution in [3.05, 3.63) is 28.8 Å². The van der Waals surface area contributed by atoms with Crippen molar-refractivity contribution in [2.75, 3.05) is 12.3 Å². The summed E-state index contributed by atoms with van der Waals surface area (Å²) in [7, 11) is 0. The van der Waals surface area contributed by atoms with Gasteiger partial charge >= 0.3 is 0 Å². The van der Waals surface area contributed by atoms with Gasteiger partial charge in [-0.1, -0.05) is 24.6 Å². The van der Waals surface area contributed by atoms with Gasteiger partial charge in [-0.3, -0.25) is 0 Å². The van der Waals surface area contributed by atoms with E-state index in [1.807, 2.05) is 25.1 Å². The molecule has 0 aliphatic rings. The third kappa shape index (κ3) is 2.13. The highest BCUT2D eigenvalue weighted by atomic mass is 35.5. The number of hydrogen-bond donors (Lipinski definition) is 2. The number of nitrogen functional groups attached to an aromatic ring is 1. The lowest BCUT2D eigenvalue weighted by molar-refractivity contribution is 0.728. The van der Waals surface area contributed by atoms with Gasteiger partial charge in [0.05, 0.1) is 0 Å². The van der Waals surface area contributed by atoms with Crippen molar-refractivity contribution >= 4 is 17.3 Å². The fraction of sp³-hybridized carbons (Fsp3) is 0.333. The molecule has 0 saturated heterocycles. The Bertz CT molecular complexity index is 240. The first-order valence-electron chi connectivity index (χ1n) is 3.99. The first-order chi connectivity index (χ1) is 5.75. The molecule has 0 spiro atoms. The molecule has 0 atom stereocenters. The van der Waals surface area contributed by atoms with Crippen molar-refractivity contribution in [2.45, 2.75) is 13.5 Å². The van der Waals surface area contributed by atoms with Crippen LogP contribution in [0.15, 0.2) is 18.2 Å². The largest absolute Gasteiger partial charge is 0.398 e. The lowest BCUT2D eigenvalue weighted by Gasteiger charge is -2.07. The number of nitrogens with one attached hydrogen (secondary N) is 1. The van der Waals surface area contributed by atoms with Crippen LogP contribution in [-0.4, -0.2) is 6.54 Å². The lowest BCUT2D eigenvalue weighted by atomic mass is 10.2. The van der Waals surface area contributed by atoms with E-state index in [1.54, 1.807) is 0 Å². The zero-order valence-corrected chi connectivity index (χ0v) is 7.86. The molecule has 0 aliphatic carbocycles. The van der Waals surface area contributed by atoms with E-state index < -0.39 is 0 Å². The van der Waals surface area contributed by atoms with E-state index in [1.165, 1.54) is 0 Å². The third-order valence-electron chi connectivity index (χ3n) is 1.71. The molecule has 1 aromatic carbocycles. The molecule has 1 rings (SSSR count). The Morgan fingerprint density at radius 3 is 2.83 bits per heavy atom. The minimum Gasteiger partial charge on any atom is -0.398 e. The molecule has 3 N–H and O–H groups in total. The van der Waals surface area contributed by atoms with Crippen molar-refractivity contribution in [3.8, 4) is 0 Å². The van der Waals surface area contributed by atoms with Crippen LogP contribution in [0.1, 0.15) is 12.5 Å². The van der Waals surface area contributed by atoms with E-state index in [2.05, 4.69) is 5.32 Å². The topological polar surface area (TPSA) is 38.0 Å². The van der Waals surface area contributed by atoms with Crippen LogP contribution in [0.2, 0.25) is 5.02 Å². The smallest absolute Gasteiger partial charge is 0.0471 e. The number of rotatable bonds is 3. The second-order valence-electron chi connectivity index (χ2n) is 2.59. The quantitative estimate of drug-likeness (QED) is 0.706. The van der Waals surface area contributed by atoms with E-state index in [0.717, 1.165) is 29.4 Å². The van der Waals surface area contributed by atoms with Crippen LogP contribution < -0.4 is 11.1 Å². The van der Waals surface area contributed by atoms with Gasteiger partial charge in [0, 0.05) is 22.8 Å². The van der Waals surface area contributed by atoms with Crippen LogP contribution in [0.3, 0.4) is 0 Å². The highest BCUT2D eigenvalue weighted by molar-refractivity contribution is 6.31. The number of hydrogen-bond acceptors (Lipinski definition) is 2. The SMILES string of the molecule is CCNCc1c(N)cccc1Cl. The fourth-order valence-electron chi connectivity index (χ4n) is 1.01. The van der Waals surface area contributed by atoms with Gasteiger partial charge in [-0.15, -0.1) is 0 Å². The zero-order chi connectivity index (χ0) is 8.97. The third-order valence-corrected chi connectivity index (χ3v) is 2.06. The standard InChI is InChI=1S/C9H13ClN2/c1-2-12-6-7-8(10)4-3-5-9(7)11/h3-5,12H,2,6,11H2,1H3. The summed E-state index contributed by atoms with van der Waals surface area (Å²) in [4.78, 5) is 0. The first kappa shape index (κ1) is 9.36. The van der Waals surface area contributed by atoms with E-state index in [-0.39, 0.29) is 0 Å². The maximum absolute atomic E-state index is 5.95. The highest BCUT2D eigenvalue weighted by Crippen LogP contribution is 2.21. The van der Waals surface area contributed by atoms with Gasteiger partial charge in [0.15, 0.2) is 0 Å². The highest BCUT2D eigenvalue weighted by Gasteiger charge is 2.01. The normalized spacial score (nSPS) is 10.2. The average Bonchev–Trinajstić information content (AvgIpc) is 2.04. The molecule has 0 unspecified atom stereocenters. The molecule has 12 heavy (non-hydrogen) atoms. The summed E-state index contributed by atoms with van der Waals surface area (Å²) in [6.07, 6.45) is 0. The summed E-state index contributed by atoms with van der Waals surface area (Å²) in [6, 6.07) is 5.57. The zero-order valence-electron chi connectivity index (χ0n) is 7.10. The summed E-state index contributed by atoms with van der Waals surface area (Å²) >= 11 is 5.95. The Morgan fingerprint density at radius 1 is 1.50 bits per heavy atom. The molecule has 0 amide bonds. The molecule has 0 aromatic heterocycles. The number of anilines is 1. The molecule has 3 heteroatoms. The maximum atomic E-state index is 5.95. The first-order valence-corrected chi connectivity index (χ1v) is 4.37. The Labute approximate surface area is 77.7 Å². The van der Waals surface area contributed by atoms with E-state index in [9.17, 15) is 0 Å². The van der Waals surface area contributed by atoms with Crippen LogP contribution in [0, 0.1) is 0 Å². The van der Waals surface area contributed by atoms with Gasteiger partial charge in [-0.2, -0.15) is 0 Å².